The van der Waals surface area contributed by atoms with E-state index in [0.717, 1.165) is 32.1 Å². The first-order chi connectivity index (χ1) is 10.6. The third-order valence-electron chi connectivity index (χ3n) is 3.86. The lowest BCUT2D eigenvalue weighted by Gasteiger charge is -2.17. The highest BCUT2D eigenvalue weighted by molar-refractivity contribution is 5.76. The van der Waals surface area contributed by atoms with Crippen molar-refractivity contribution in [1.82, 2.24) is 4.90 Å². The lowest BCUT2D eigenvalue weighted by atomic mass is 10.1. The molecule has 0 saturated heterocycles. The Bertz CT molecular complexity index is 442. The summed E-state index contributed by atoms with van der Waals surface area (Å²) in [7, 11) is 1.87. The van der Waals surface area contributed by atoms with E-state index in [1.54, 1.807) is 6.92 Å². The topological polar surface area (TPSA) is 37.4 Å². The van der Waals surface area contributed by atoms with Crippen LogP contribution in [0.3, 0.4) is 0 Å². The van der Waals surface area contributed by atoms with Crippen LogP contribution in [0.5, 0.6) is 0 Å². The van der Waals surface area contributed by atoms with Crippen molar-refractivity contribution >= 4 is 11.7 Å². The van der Waals surface area contributed by atoms with Gasteiger partial charge in [0.1, 0.15) is 5.78 Å². The van der Waals surface area contributed by atoms with Crippen LogP contribution in [0, 0.1) is 0 Å². The maximum absolute atomic E-state index is 12.0. The van der Waals surface area contributed by atoms with Gasteiger partial charge in [0.05, 0.1) is 0 Å². The number of ketones is 1. The van der Waals surface area contributed by atoms with Crippen molar-refractivity contribution in [1.29, 1.82) is 0 Å². The largest absolute Gasteiger partial charge is 0.341 e. The molecular formula is C19H29NO2. The Morgan fingerprint density at radius 2 is 1.41 bits per heavy atom. The van der Waals surface area contributed by atoms with Crippen LogP contribution < -0.4 is 0 Å². The van der Waals surface area contributed by atoms with Gasteiger partial charge in [0, 0.05) is 26.4 Å². The van der Waals surface area contributed by atoms with Gasteiger partial charge in [-0.1, -0.05) is 56.0 Å². The van der Waals surface area contributed by atoms with Crippen molar-refractivity contribution in [2.75, 3.05) is 7.05 Å². The Kier molecular flexibility index (Phi) is 9.20. The van der Waals surface area contributed by atoms with Crippen molar-refractivity contribution in [3.05, 3.63) is 35.9 Å². The molecule has 1 aromatic carbocycles. The minimum absolute atomic E-state index is 0.223. The average Bonchev–Trinajstić information content (AvgIpc) is 2.50. The van der Waals surface area contributed by atoms with Crippen LogP contribution in [-0.2, 0) is 16.1 Å². The zero-order valence-electron chi connectivity index (χ0n) is 14.0. The number of carbonyl (C=O) groups excluding carboxylic acids is 2. The van der Waals surface area contributed by atoms with Crippen molar-refractivity contribution in [3.8, 4) is 0 Å². The molecule has 0 saturated carbocycles. The number of rotatable bonds is 11. The Morgan fingerprint density at radius 3 is 2.00 bits per heavy atom. The summed E-state index contributed by atoms with van der Waals surface area (Å²) in [6.45, 7) is 2.34. The van der Waals surface area contributed by atoms with Gasteiger partial charge in [0.15, 0.2) is 0 Å². The molecule has 1 aromatic rings. The number of hydrogen-bond acceptors (Lipinski definition) is 2. The summed E-state index contributed by atoms with van der Waals surface area (Å²) in [5, 5.41) is 0. The molecule has 0 spiro atoms. The third-order valence-corrected chi connectivity index (χ3v) is 3.86. The van der Waals surface area contributed by atoms with Crippen molar-refractivity contribution in [3.63, 3.8) is 0 Å². The quantitative estimate of drug-likeness (QED) is 0.570. The second-order valence-corrected chi connectivity index (χ2v) is 6.06. The Hall–Kier alpha value is -1.64. The number of nitrogens with zero attached hydrogens (tertiary/aromatic N) is 1. The zero-order chi connectivity index (χ0) is 16.2. The minimum Gasteiger partial charge on any atom is -0.341 e. The maximum atomic E-state index is 12.0. The number of benzene rings is 1. The Labute approximate surface area is 134 Å². The second kappa shape index (κ2) is 11.0. The van der Waals surface area contributed by atoms with Gasteiger partial charge in [-0.05, 0) is 25.3 Å². The van der Waals surface area contributed by atoms with Crippen LogP contribution in [0.1, 0.15) is 63.9 Å². The zero-order valence-corrected chi connectivity index (χ0v) is 14.0. The summed E-state index contributed by atoms with van der Waals surface area (Å²) < 4.78 is 0. The number of unbranched alkanes of at least 4 members (excludes halogenated alkanes) is 5. The van der Waals surface area contributed by atoms with Crippen LogP contribution in [0.15, 0.2) is 30.3 Å². The number of amides is 1. The van der Waals surface area contributed by atoms with Crippen LogP contribution in [-0.4, -0.2) is 23.6 Å². The lowest BCUT2D eigenvalue weighted by Crippen LogP contribution is -2.25. The molecule has 0 aromatic heterocycles. The van der Waals surface area contributed by atoms with E-state index in [1.165, 1.54) is 12.0 Å². The van der Waals surface area contributed by atoms with Crippen LogP contribution in [0.25, 0.3) is 0 Å². The normalized spacial score (nSPS) is 10.5. The fraction of sp³-hybridized carbons (Fsp3) is 0.579. The van der Waals surface area contributed by atoms with E-state index in [1.807, 2.05) is 42.3 Å². The average molecular weight is 303 g/mol. The van der Waals surface area contributed by atoms with Gasteiger partial charge >= 0.3 is 0 Å². The molecule has 0 aliphatic heterocycles. The van der Waals surface area contributed by atoms with Gasteiger partial charge in [-0.3, -0.25) is 4.79 Å². The molecular weight excluding hydrogens is 274 g/mol. The number of carbonyl (C=O) groups is 2. The van der Waals surface area contributed by atoms with Gasteiger partial charge in [-0.25, -0.2) is 0 Å². The van der Waals surface area contributed by atoms with Gasteiger partial charge in [-0.15, -0.1) is 0 Å². The molecule has 1 rings (SSSR count). The molecule has 1 amide bonds. The predicted molar refractivity (Wildman–Crippen MR) is 90.5 cm³/mol. The summed E-state index contributed by atoms with van der Waals surface area (Å²) in [5.41, 5.74) is 1.17. The summed E-state index contributed by atoms with van der Waals surface area (Å²) in [6.07, 6.45) is 7.87. The van der Waals surface area contributed by atoms with E-state index in [4.69, 9.17) is 0 Å². The van der Waals surface area contributed by atoms with Crippen LogP contribution >= 0.6 is 0 Å². The highest BCUT2D eigenvalue weighted by Gasteiger charge is 2.08. The summed E-state index contributed by atoms with van der Waals surface area (Å²) in [4.78, 5) is 24.7. The fourth-order valence-electron chi connectivity index (χ4n) is 2.49. The molecule has 3 nitrogen and oxygen atoms in total. The summed E-state index contributed by atoms with van der Waals surface area (Å²) in [5.74, 6) is 0.507. The predicted octanol–water partition coefficient (Wildman–Crippen LogP) is 4.35. The second-order valence-electron chi connectivity index (χ2n) is 6.06. The van der Waals surface area contributed by atoms with Crippen molar-refractivity contribution < 1.29 is 9.59 Å². The minimum atomic E-state index is 0.223. The molecule has 3 heteroatoms. The molecule has 0 bridgehead atoms. The molecule has 22 heavy (non-hydrogen) atoms. The first-order valence-corrected chi connectivity index (χ1v) is 8.37. The van der Waals surface area contributed by atoms with Gasteiger partial charge in [0.2, 0.25) is 5.91 Å². The molecule has 0 radical (unpaired) electrons. The number of Topliss-reactive ketones (excluding diaryl/α,β-unsaturated/α-hetero) is 1. The highest BCUT2D eigenvalue weighted by Crippen LogP contribution is 2.10. The lowest BCUT2D eigenvalue weighted by molar-refractivity contribution is -0.130. The molecule has 0 aliphatic carbocycles. The van der Waals surface area contributed by atoms with Crippen molar-refractivity contribution in [2.45, 2.75) is 64.8 Å². The highest BCUT2D eigenvalue weighted by atomic mass is 16.2. The molecule has 0 heterocycles. The van der Waals surface area contributed by atoms with E-state index in [-0.39, 0.29) is 11.7 Å². The van der Waals surface area contributed by atoms with E-state index < -0.39 is 0 Å². The van der Waals surface area contributed by atoms with E-state index in [9.17, 15) is 9.59 Å². The fourth-order valence-corrected chi connectivity index (χ4v) is 2.49. The standard InChI is InChI=1S/C19H29NO2/c1-17(21)12-8-5-3-4-6-11-15-19(22)20(2)16-18-13-9-7-10-14-18/h7,9-10,13-14H,3-6,8,11-12,15-16H2,1-2H3. The Balaban J connectivity index is 2.04. The molecule has 0 unspecified atom stereocenters. The molecule has 0 fully saturated rings. The Morgan fingerprint density at radius 1 is 0.864 bits per heavy atom. The summed E-state index contributed by atoms with van der Waals surface area (Å²) in [6, 6.07) is 10.1. The molecule has 0 aliphatic rings. The van der Waals surface area contributed by atoms with Gasteiger partial charge < -0.3 is 9.69 Å². The first-order valence-electron chi connectivity index (χ1n) is 8.37. The first kappa shape index (κ1) is 18.4. The van der Waals surface area contributed by atoms with E-state index in [2.05, 4.69) is 0 Å². The number of hydrogen-bond donors (Lipinski definition) is 0. The van der Waals surface area contributed by atoms with Gasteiger partial charge in [-0.2, -0.15) is 0 Å². The molecule has 122 valence electrons. The molecule has 0 N–H and O–H groups in total. The maximum Gasteiger partial charge on any atom is 0.222 e. The van der Waals surface area contributed by atoms with Crippen LogP contribution in [0.2, 0.25) is 0 Å². The van der Waals surface area contributed by atoms with Crippen molar-refractivity contribution in [2.24, 2.45) is 0 Å². The monoisotopic (exact) mass is 303 g/mol. The van der Waals surface area contributed by atoms with E-state index in [0.29, 0.717) is 19.4 Å². The molecule has 0 atom stereocenters. The van der Waals surface area contributed by atoms with Crippen LogP contribution in [0.4, 0.5) is 0 Å². The smallest absolute Gasteiger partial charge is 0.222 e. The summed E-state index contributed by atoms with van der Waals surface area (Å²) >= 11 is 0. The van der Waals surface area contributed by atoms with E-state index >= 15 is 0 Å². The van der Waals surface area contributed by atoms with Gasteiger partial charge in [0.25, 0.3) is 0 Å². The third kappa shape index (κ3) is 8.60. The SMILES string of the molecule is CC(=O)CCCCCCCCC(=O)N(C)Cc1ccccc1.